The van der Waals surface area contributed by atoms with Crippen molar-refractivity contribution in [3.8, 4) is 0 Å². The Balaban J connectivity index is 2.83. The van der Waals surface area contributed by atoms with Gasteiger partial charge in [-0.2, -0.15) is 5.10 Å². The van der Waals surface area contributed by atoms with Crippen molar-refractivity contribution < 1.29 is 9.53 Å². The molecule has 5 nitrogen and oxygen atoms in total. The molecule has 0 spiro atoms. The molecule has 0 bridgehead atoms. The number of hydrogen-bond donors (Lipinski definition) is 1. The van der Waals surface area contributed by atoms with E-state index < -0.39 is 0 Å². The Hall–Kier alpha value is -0.720. The van der Waals surface area contributed by atoms with E-state index in [9.17, 15) is 4.79 Å². The van der Waals surface area contributed by atoms with E-state index >= 15 is 0 Å². The smallest absolute Gasteiger partial charge is 0.195 e. The fourth-order valence-corrected chi connectivity index (χ4v) is 1.75. The van der Waals surface area contributed by atoms with E-state index in [0.717, 1.165) is 4.47 Å². The van der Waals surface area contributed by atoms with Crippen LogP contribution < -0.4 is 5.32 Å². The zero-order valence-corrected chi connectivity index (χ0v) is 10.4. The van der Waals surface area contributed by atoms with Gasteiger partial charge in [0.2, 0.25) is 0 Å². The summed E-state index contributed by atoms with van der Waals surface area (Å²) in [5.74, 6) is 0.0120. The van der Waals surface area contributed by atoms with Crippen molar-refractivity contribution in [3.63, 3.8) is 0 Å². The van der Waals surface area contributed by atoms with Crippen LogP contribution in [-0.4, -0.2) is 42.9 Å². The van der Waals surface area contributed by atoms with Crippen molar-refractivity contribution >= 4 is 21.7 Å². The number of carbonyl (C=O) groups is 1. The van der Waals surface area contributed by atoms with Gasteiger partial charge in [0.1, 0.15) is 5.69 Å². The number of aromatic nitrogens is 2. The highest BCUT2D eigenvalue weighted by atomic mass is 79.9. The average molecular weight is 276 g/mol. The maximum absolute atomic E-state index is 11.7. The van der Waals surface area contributed by atoms with Gasteiger partial charge in [-0.25, -0.2) is 0 Å². The summed E-state index contributed by atoms with van der Waals surface area (Å²) in [6.07, 6.45) is 1.62. The van der Waals surface area contributed by atoms with Gasteiger partial charge in [0.15, 0.2) is 5.78 Å². The van der Waals surface area contributed by atoms with Gasteiger partial charge in [0, 0.05) is 7.11 Å². The van der Waals surface area contributed by atoms with Crippen molar-refractivity contribution in [2.75, 3.05) is 27.3 Å². The van der Waals surface area contributed by atoms with Crippen LogP contribution >= 0.6 is 15.9 Å². The molecule has 0 aliphatic heterocycles. The number of carbonyl (C=O) groups excluding carboxylic acids is 1. The fourth-order valence-electron chi connectivity index (χ4n) is 1.23. The Morgan fingerprint density at radius 2 is 2.47 bits per heavy atom. The van der Waals surface area contributed by atoms with Crippen molar-refractivity contribution in [2.45, 2.75) is 6.54 Å². The molecule has 0 saturated heterocycles. The van der Waals surface area contributed by atoms with Crippen molar-refractivity contribution in [2.24, 2.45) is 0 Å². The van der Waals surface area contributed by atoms with Crippen LogP contribution in [0.4, 0.5) is 0 Å². The number of halogens is 1. The molecule has 0 fully saturated rings. The molecule has 6 heteroatoms. The lowest BCUT2D eigenvalue weighted by Crippen LogP contribution is -2.23. The van der Waals surface area contributed by atoms with E-state index in [1.807, 2.05) is 0 Å². The number of ether oxygens (including phenoxy) is 1. The molecule has 0 atom stereocenters. The number of rotatable bonds is 6. The minimum absolute atomic E-state index is 0.0120. The van der Waals surface area contributed by atoms with Gasteiger partial charge in [-0.3, -0.25) is 9.48 Å². The molecular formula is C9H14BrN3O2. The van der Waals surface area contributed by atoms with E-state index in [-0.39, 0.29) is 5.78 Å². The molecule has 1 heterocycles. The molecule has 84 valence electrons. The molecule has 0 radical (unpaired) electrons. The lowest BCUT2D eigenvalue weighted by molar-refractivity contribution is 0.0979. The number of Topliss-reactive ketones (excluding diaryl/α,β-unsaturated/α-hetero) is 1. The minimum Gasteiger partial charge on any atom is -0.383 e. The number of methoxy groups -OCH3 is 1. The highest BCUT2D eigenvalue weighted by Crippen LogP contribution is 2.16. The van der Waals surface area contributed by atoms with E-state index in [0.29, 0.717) is 25.4 Å². The van der Waals surface area contributed by atoms with Crippen LogP contribution in [0.2, 0.25) is 0 Å². The number of hydrogen-bond acceptors (Lipinski definition) is 4. The second-order valence-corrected chi connectivity index (χ2v) is 3.86. The molecule has 0 aliphatic rings. The average Bonchev–Trinajstić information content (AvgIpc) is 2.57. The van der Waals surface area contributed by atoms with E-state index in [2.05, 4.69) is 26.3 Å². The highest BCUT2D eigenvalue weighted by molar-refractivity contribution is 9.10. The largest absolute Gasteiger partial charge is 0.383 e. The Labute approximate surface area is 96.9 Å². The Bertz CT molecular complexity index is 338. The Morgan fingerprint density at radius 3 is 3.07 bits per heavy atom. The van der Waals surface area contributed by atoms with Crippen LogP contribution in [0.1, 0.15) is 10.5 Å². The van der Waals surface area contributed by atoms with Crippen molar-refractivity contribution in [1.82, 2.24) is 15.1 Å². The van der Waals surface area contributed by atoms with Gasteiger partial charge in [-0.1, -0.05) is 0 Å². The first-order valence-corrected chi connectivity index (χ1v) is 5.38. The predicted molar refractivity (Wildman–Crippen MR) is 60.1 cm³/mol. The van der Waals surface area contributed by atoms with Crippen LogP contribution in [0.5, 0.6) is 0 Å². The lowest BCUT2D eigenvalue weighted by atomic mass is 10.3. The van der Waals surface area contributed by atoms with Crippen molar-refractivity contribution in [3.05, 3.63) is 16.4 Å². The van der Waals surface area contributed by atoms with Gasteiger partial charge in [-0.15, -0.1) is 0 Å². The molecule has 0 saturated carbocycles. The second-order valence-electron chi connectivity index (χ2n) is 3.01. The number of nitrogens with zero attached hydrogens (tertiary/aromatic N) is 2. The first-order valence-electron chi connectivity index (χ1n) is 4.58. The standard InChI is InChI=1S/C9H14BrN3O2/c1-11-6-8(14)9-7(10)5-12-13(9)3-4-15-2/h5,11H,3-4,6H2,1-2H3. The number of nitrogens with one attached hydrogen (secondary N) is 1. The van der Waals surface area contributed by atoms with Gasteiger partial charge in [0.05, 0.1) is 30.4 Å². The summed E-state index contributed by atoms with van der Waals surface area (Å²) < 4.78 is 7.31. The van der Waals surface area contributed by atoms with Gasteiger partial charge >= 0.3 is 0 Å². The van der Waals surface area contributed by atoms with Crippen LogP contribution in [0, 0.1) is 0 Å². The number of likely N-dealkylation sites (N-methyl/N-ethyl adjacent to an activating group) is 1. The topological polar surface area (TPSA) is 56.2 Å². The Morgan fingerprint density at radius 1 is 1.73 bits per heavy atom. The third kappa shape index (κ3) is 3.12. The number of ketones is 1. The summed E-state index contributed by atoms with van der Waals surface area (Å²) in [5.41, 5.74) is 0.585. The molecule has 0 amide bonds. The predicted octanol–water partition coefficient (Wildman–Crippen LogP) is 0.694. The summed E-state index contributed by atoms with van der Waals surface area (Å²) in [7, 11) is 3.36. The monoisotopic (exact) mass is 275 g/mol. The fraction of sp³-hybridized carbons (Fsp3) is 0.556. The third-order valence-corrected chi connectivity index (χ3v) is 2.48. The zero-order chi connectivity index (χ0) is 11.3. The van der Waals surface area contributed by atoms with Crippen LogP contribution in [0.3, 0.4) is 0 Å². The molecule has 1 N–H and O–H groups in total. The molecule has 1 rings (SSSR count). The molecule has 0 unspecified atom stereocenters. The molecule has 15 heavy (non-hydrogen) atoms. The van der Waals surface area contributed by atoms with E-state index in [1.165, 1.54) is 0 Å². The summed E-state index contributed by atoms with van der Waals surface area (Å²) in [6.45, 7) is 1.41. The Kier molecular flexibility index (Phi) is 4.93. The summed E-state index contributed by atoms with van der Waals surface area (Å²) in [6, 6.07) is 0. The highest BCUT2D eigenvalue weighted by Gasteiger charge is 2.15. The first-order chi connectivity index (χ1) is 7.20. The second kappa shape index (κ2) is 5.99. The van der Waals surface area contributed by atoms with Gasteiger partial charge in [-0.05, 0) is 23.0 Å². The maximum atomic E-state index is 11.7. The summed E-state index contributed by atoms with van der Waals surface area (Å²) in [5, 5.41) is 6.92. The molecular weight excluding hydrogens is 262 g/mol. The summed E-state index contributed by atoms with van der Waals surface area (Å²) in [4.78, 5) is 11.7. The maximum Gasteiger partial charge on any atom is 0.195 e. The lowest BCUT2D eigenvalue weighted by Gasteiger charge is -2.06. The molecule has 1 aromatic rings. The first kappa shape index (κ1) is 12.4. The van der Waals surface area contributed by atoms with Gasteiger partial charge < -0.3 is 10.1 Å². The molecule has 1 aromatic heterocycles. The SMILES string of the molecule is CNCC(=O)c1c(Br)cnn1CCOC. The molecule has 0 aromatic carbocycles. The van der Waals surface area contributed by atoms with E-state index in [1.54, 1.807) is 25.0 Å². The van der Waals surface area contributed by atoms with E-state index in [4.69, 9.17) is 4.74 Å². The van der Waals surface area contributed by atoms with Crippen LogP contribution in [-0.2, 0) is 11.3 Å². The van der Waals surface area contributed by atoms with Gasteiger partial charge in [0.25, 0.3) is 0 Å². The minimum atomic E-state index is 0.0120. The van der Waals surface area contributed by atoms with Crippen LogP contribution in [0.15, 0.2) is 10.7 Å². The molecule has 0 aliphatic carbocycles. The summed E-state index contributed by atoms with van der Waals surface area (Å²) >= 11 is 3.31. The zero-order valence-electron chi connectivity index (χ0n) is 8.79. The van der Waals surface area contributed by atoms with Crippen LogP contribution in [0.25, 0.3) is 0 Å². The van der Waals surface area contributed by atoms with Crippen molar-refractivity contribution in [1.29, 1.82) is 0 Å². The third-order valence-electron chi connectivity index (χ3n) is 1.90. The normalized spacial score (nSPS) is 10.6. The quantitative estimate of drug-likeness (QED) is 0.777.